The lowest BCUT2D eigenvalue weighted by atomic mass is 9.69. The molecule has 5 heteroatoms. The van der Waals surface area contributed by atoms with Crippen molar-refractivity contribution in [3.05, 3.63) is 161 Å². The van der Waals surface area contributed by atoms with E-state index in [1.54, 1.807) is 14.2 Å². The first-order valence-corrected chi connectivity index (χ1v) is 18.2. The van der Waals surface area contributed by atoms with Gasteiger partial charge in [0.15, 0.2) is 5.60 Å². The second-order valence-corrected chi connectivity index (χ2v) is 13.8. The number of rotatable bonds is 10. The summed E-state index contributed by atoms with van der Waals surface area (Å²) in [7, 11) is 3.36. The molecule has 1 aliphatic heterocycles. The van der Waals surface area contributed by atoms with Crippen molar-refractivity contribution in [1.29, 1.82) is 0 Å². The third kappa shape index (κ3) is 5.26. The maximum Gasteiger partial charge on any atom is 0.255 e. The zero-order valence-electron chi connectivity index (χ0n) is 30.2. The lowest BCUT2D eigenvalue weighted by Gasteiger charge is -2.40. The zero-order valence-corrected chi connectivity index (χ0v) is 30.2. The number of hydrogen-bond donors (Lipinski definition) is 1. The lowest BCUT2D eigenvalue weighted by Crippen LogP contribution is -2.35. The average Bonchev–Trinajstić information content (AvgIpc) is 3.48. The van der Waals surface area contributed by atoms with Crippen LogP contribution in [0.25, 0.3) is 28.0 Å². The highest BCUT2D eigenvalue weighted by atomic mass is 16.5. The summed E-state index contributed by atoms with van der Waals surface area (Å²) in [5.41, 5.74) is 8.51. The number of anilines is 1. The number of fused-ring (bicyclic) bond motifs is 8. The van der Waals surface area contributed by atoms with Crippen molar-refractivity contribution in [2.45, 2.75) is 50.5 Å². The predicted molar refractivity (Wildman–Crippen MR) is 211 cm³/mol. The van der Waals surface area contributed by atoms with Crippen LogP contribution in [0.5, 0.6) is 17.2 Å². The lowest BCUT2D eigenvalue weighted by molar-refractivity contribution is 0.102. The largest absolute Gasteiger partial charge is 0.497 e. The van der Waals surface area contributed by atoms with Gasteiger partial charge in [0.1, 0.15) is 17.2 Å². The summed E-state index contributed by atoms with van der Waals surface area (Å²) in [6, 6.07) is 40.8. The minimum Gasteiger partial charge on any atom is -0.497 e. The molecule has 0 saturated carbocycles. The third-order valence-corrected chi connectivity index (χ3v) is 10.9. The molecule has 1 aliphatic carbocycles. The molecule has 1 amide bonds. The van der Waals surface area contributed by atoms with Crippen molar-refractivity contribution >= 4 is 28.4 Å². The van der Waals surface area contributed by atoms with Crippen molar-refractivity contribution in [3.8, 4) is 28.4 Å². The number of carbonyl (C=O) groups is 1. The fourth-order valence-corrected chi connectivity index (χ4v) is 8.69. The Morgan fingerprint density at radius 2 is 1.33 bits per heavy atom. The van der Waals surface area contributed by atoms with Gasteiger partial charge in [0.25, 0.3) is 5.91 Å². The molecule has 0 radical (unpaired) electrons. The van der Waals surface area contributed by atoms with Crippen LogP contribution in [0.1, 0.15) is 77.7 Å². The summed E-state index contributed by atoms with van der Waals surface area (Å²) in [4.78, 5) is 13.4. The van der Waals surface area contributed by atoms with Crippen molar-refractivity contribution in [2.24, 2.45) is 0 Å². The highest BCUT2D eigenvalue weighted by molar-refractivity contribution is 6.11. The van der Waals surface area contributed by atoms with Crippen LogP contribution in [-0.4, -0.2) is 20.1 Å². The van der Waals surface area contributed by atoms with E-state index < -0.39 is 5.60 Å². The fraction of sp³-hybridized carbons (Fsp3) is 0.213. The topological polar surface area (TPSA) is 56.8 Å². The fourth-order valence-electron chi connectivity index (χ4n) is 8.69. The highest BCUT2D eigenvalue weighted by Crippen LogP contribution is 2.61. The van der Waals surface area contributed by atoms with E-state index in [4.69, 9.17) is 14.2 Å². The summed E-state index contributed by atoms with van der Waals surface area (Å²) in [5, 5.41) is 5.25. The summed E-state index contributed by atoms with van der Waals surface area (Å²) < 4.78 is 18.7. The van der Waals surface area contributed by atoms with E-state index in [2.05, 4.69) is 92.0 Å². The predicted octanol–water partition coefficient (Wildman–Crippen LogP) is 11.3. The molecule has 8 rings (SSSR count). The Balaban J connectivity index is 1.41. The first-order chi connectivity index (χ1) is 25.5. The molecule has 0 unspecified atom stereocenters. The van der Waals surface area contributed by atoms with Crippen molar-refractivity contribution < 1.29 is 19.0 Å². The number of ether oxygens (including phenoxy) is 3. The second kappa shape index (κ2) is 13.4. The van der Waals surface area contributed by atoms with Crippen LogP contribution in [0, 0.1) is 0 Å². The van der Waals surface area contributed by atoms with Gasteiger partial charge >= 0.3 is 0 Å². The molecule has 0 spiro atoms. The van der Waals surface area contributed by atoms with Gasteiger partial charge in [-0.1, -0.05) is 99.5 Å². The summed E-state index contributed by atoms with van der Waals surface area (Å²) in [6.07, 6.45) is 8.65. The van der Waals surface area contributed by atoms with Crippen LogP contribution in [0.2, 0.25) is 0 Å². The smallest absolute Gasteiger partial charge is 0.255 e. The van der Waals surface area contributed by atoms with Gasteiger partial charge in [0.2, 0.25) is 0 Å². The van der Waals surface area contributed by atoms with Crippen LogP contribution in [0.3, 0.4) is 0 Å². The first kappa shape index (κ1) is 33.3. The molecule has 6 aromatic carbocycles. The van der Waals surface area contributed by atoms with Gasteiger partial charge in [-0.3, -0.25) is 4.79 Å². The third-order valence-electron chi connectivity index (χ3n) is 10.9. The van der Waals surface area contributed by atoms with E-state index in [-0.39, 0.29) is 11.3 Å². The molecule has 1 N–H and O–H groups in total. The molecular weight excluding hydrogens is 643 g/mol. The summed E-state index contributed by atoms with van der Waals surface area (Å²) in [6.45, 7) is 4.57. The summed E-state index contributed by atoms with van der Waals surface area (Å²) >= 11 is 0. The molecule has 2 aliphatic rings. The average molecular weight is 686 g/mol. The number of methoxy groups -OCH3 is 2. The van der Waals surface area contributed by atoms with E-state index in [0.29, 0.717) is 5.56 Å². The van der Waals surface area contributed by atoms with Crippen LogP contribution in [0.4, 0.5) is 5.69 Å². The monoisotopic (exact) mass is 685 g/mol. The van der Waals surface area contributed by atoms with Gasteiger partial charge in [-0.25, -0.2) is 0 Å². The van der Waals surface area contributed by atoms with E-state index >= 15 is 0 Å². The molecular formula is C47H43NO4. The molecule has 0 fully saturated rings. The molecule has 0 atom stereocenters. The summed E-state index contributed by atoms with van der Waals surface area (Å²) in [5.74, 6) is 2.26. The van der Waals surface area contributed by atoms with Crippen molar-refractivity contribution in [1.82, 2.24) is 0 Å². The number of benzene rings is 6. The van der Waals surface area contributed by atoms with Crippen molar-refractivity contribution in [2.75, 3.05) is 19.5 Å². The molecule has 260 valence electrons. The van der Waals surface area contributed by atoms with Gasteiger partial charge in [0.05, 0.1) is 14.2 Å². The number of amides is 1. The number of nitrogens with one attached hydrogen (secondary N) is 1. The Bertz CT molecular complexity index is 2250. The normalized spacial score (nSPS) is 14.5. The van der Waals surface area contributed by atoms with E-state index in [1.807, 2.05) is 60.7 Å². The molecule has 6 aromatic rings. The maximum absolute atomic E-state index is 13.4. The van der Waals surface area contributed by atoms with Gasteiger partial charge in [-0.2, -0.15) is 0 Å². The Kier molecular flexibility index (Phi) is 8.58. The number of hydrogen-bond acceptors (Lipinski definition) is 4. The molecule has 0 aromatic heterocycles. The first-order valence-electron chi connectivity index (χ1n) is 18.2. The van der Waals surface area contributed by atoms with Gasteiger partial charge < -0.3 is 19.5 Å². The SMILES string of the molecule is CCCC1(CCC)c2ccccc2-c2c1c1c(c3ccc(NC(=O)c4ccccc4)cc23)OC(c2ccc(OC)cc2)(c2ccc(OC)cc2)C=C1. The molecule has 0 saturated heterocycles. The maximum atomic E-state index is 13.4. The Hall–Kier alpha value is -5.81. The van der Waals surface area contributed by atoms with Crippen LogP contribution < -0.4 is 19.5 Å². The minimum absolute atomic E-state index is 0.140. The Labute approximate surface area is 305 Å². The van der Waals surface area contributed by atoms with Crippen LogP contribution in [-0.2, 0) is 11.0 Å². The quantitative estimate of drug-likeness (QED) is 0.156. The number of carbonyl (C=O) groups excluding carboxylic acids is 1. The second-order valence-electron chi connectivity index (χ2n) is 13.8. The van der Waals surface area contributed by atoms with Gasteiger partial charge in [0, 0.05) is 38.7 Å². The molecule has 0 bridgehead atoms. The molecule has 52 heavy (non-hydrogen) atoms. The van der Waals surface area contributed by atoms with E-state index in [9.17, 15) is 4.79 Å². The van der Waals surface area contributed by atoms with Gasteiger partial charge in [-0.05, 0) is 101 Å². The Morgan fingerprint density at radius 1 is 0.712 bits per heavy atom. The zero-order chi connectivity index (χ0) is 35.9. The highest BCUT2D eigenvalue weighted by Gasteiger charge is 2.47. The van der Waals surface area contributed by atoms with Crippen LogP contribution in [0.15, 0.2) is 127 Å². The van der Waals surface area contributed by atoms with E-state index in [0.717, 1.165) is 76.1 Å². The van der Waals surface area contributed by atoms with Crippen LogP contribution >= 0.6 is 0 Å². The Morgan fingerprint density at radius 3 is 1.94 bits per heavy atom. The minimum atomic E-state index is -0.934. The van der Waals surface area contributed by atoms with E-state index in [1.165, 1.54) is 22.3 Å². The molecule has 1 heterocycles. The van der Waals surface area contributed by atoms with Crippen molar-refractivity contribution in [3.63, 3.8) is 0 Å². The standard InChI is InChI=1S/C47H43NO4/c1-5-27-46(28-6-2)41-15-11-10-14-38(41)42-40-30-34(48-45(49)31-12-8-7-9-13-31)20-25-37(40)44-39(43(42)46)26-29-47(52-44,32-16-21-35(50-3)22-17-32)33-18-23-36(51-4)24-19-33/h7-26,29-30H,5-6,27-28H2,1-4H3,(H,48,49). The molecule has 5 nitrogen and oxygen atoms in total. The van der Waals surface area contributed by atoms with Gasteiger partial charge in [-0.15, -0.1) is 0 Å².